The quantitative estimate of drug-likeness (QED) is 0.775. The third-order valence-electron chi connectivity index (χ3n) is 4.89. The van der Waals surface area contributed by atoms with Crippen LogP contribution in [0.4, 0.5) is 0 Å². The van der Waals surface area contributed by atoms with E-state index in [9.17, 15) is 9.59 Å². The lowest BCUT2D eigenvalue weighted by Gasteiger charge is -2.40. The van der Waals surface area contributed by atoms with Crippen molar-refractivity contribution in [3.63, 3.8) is 0 Å². The molecule has 1 amide bonds. The van der Waals surface area contributed by atoms with E-state index in [0.29, 0.717) is 19.0 Å². The second kappa shape index (κ2) is 6.12. The van der Waals surface area contributed by atoms with Crippen LogP contribution in [-0.4, -0.2) is 41.0 Å². The first-order valence-electron chi connectivity index (χ1n) is 7.71. The van der Waals surface area contributed by atoms with Crippen LogP contribution < -0.4 is 5.73 Å². The number of nitrogens with two attached hydrogens (primary N) is 1. The zero-order valence-corrected chi connectivity index (χ0v) is 12.3. The molecular weight excluding hydrogens is 256 g/mol. The molecule has 0 bridgehead atoms. The molecule has 0 aromatic carbocycles. The second-order valence-electron chi connectivity index (χ2n) is 6.54. The monoisotopic (exact) mass is 282 g/mol. The number of amides is 1. The molecule has 0 aromatic rings. The van der Waals surface area contributed by atoms with Gasteiger partial charge in [0.25, 0.3) is 0 Å². The molecular formula is C15H26N2O3. The molecule has 2 rings (SSSR count). The highest BCUT2D eigenvalue weighted by Crippen LogP contribution is 2.41. The molecule has 3 N–H and O–H groups in total. The van der Waals surface area contributed by atoms with Gasteiger partial charge in [-0.3, -0.25) is 9.59 Å². The number of carbonyl (C=O) groups is 2. The molecule has 0 saturated heterocycles. The maximum atomic E-state index is 12.9. The smallest absolute Gasteiger partial charge is 0.305 e. The average molecular weight is 282 g/mol. The number of aliphatic carboxylic acids is 1. The maximum absolute atomic E-state index is 12.9. The highest BCUT2D eigenvalue weighted by molar-refractivity contribution is 5.84. The molecule has 0 aliphatic heterocycles. The van der Waals surface area contributed by atoms with E-state index in [0.717, 1.165) is 38.5 Å². The van der Waals surface area contributed by atoms with Crippen molar-refractivity contribution in [3.05, 3.63) is 0 Å². The van der Waals surface area contributed by atoms with Crippen LogP contribution in [0.3, 0.4) is 0 Å². The molecule has 0 aromatic heterocycles. The number of carboxylic acids is 1. The summed E-state index contributed by atoms with van der Waals surface area (Å²) in [5, 5.41) is 8.85. The minimum atomic E-state index is -0.845. The summed E-state index contributed by atoms with van der Waals surface area (Å²) < 4.78 is 0. The predicted molar refractivity (Wildman–Crippen MR) is 76.1 cm³/mol. The number of carbonyl (C=O) groups excluding carboxylic acids is 1. The van der Waals surface area contributed by atoms with Crippen LogP contribution in [0.2, 0.25) is 0 Å². The van der Waals surface area contributed by atoms with Gasteiger partial charge in [0.15, 0.2) is 0 Å². The van der Waals surface area contributed by atoms with Crippen LogP contribution in [0, 0.1) is 11.3 Å². The Morgan fingerprint density at radius 3 is 2.30 bits per heavy atom. The minimum absolute atomic E-state index is 0.0271. The molecule has 2 aliphatic carbocycles. The number of hydrogen-bond donors (Lipinski definition) is 2. The summed E-state index contributed by atoms with van der Waals surface area (Å²) in [7, 11) is 0. The average Bonchev–Trinajstić information content (AvgIpc) is 3.24. The Bertz CT molecular complexity index is 371. The summed E-state index contributed by atoms with van der Waals surface area (Å²) >= 11 is 0. The summed E-state index contributed by atoms with van der Waals surface area (Å²) in [6, 6.07) is 0.254. The summed E-state index contributed by atoms with van der Waals surface area (Å²) in [4.78, 5) is 25.5. The van der Waals surface area contributed by atoms with Gasteiger partial charge < -0.3 is 15.7 Å². The highest BCUT2D eigenvalue weighted by Gasteiger charge is 2.45. The molecule has 5 heteroatoms. The fourth-order valence-electron chi connectivity index (χ4n) is 3.18. The van der Waals surface area contributed by atoms with Crippen LogP contribution in [0.15, 0.2) is 0 Å². The first kappa shape index (κ1) is 15.3. The first-order chi connectivity index (χ1) is 9.48. The van der Waals surface area contributed by atoms with Gasteiger partial charge in [0.05, 0.1) is 11.8 Å². The molecule has 114 valence electrons. The van der Waals surface area contributed by atoms with Gasteiger partial charge in [-0.1, -0.05) is 6.92 Å². The van der Waals surface area contributed by atoms with E-state index in [-0.39, 0.29) is 18.4 Å². The van der Waals surface area contributed by atoms with Crippen molar-refractivity contribution >= 4 is 11.9 Å². The minimum Gasteiger partial charge on any atom is -0.481 e. The number of rotatable bonds is 6. The fraction of sp³-hybridized carbons (Fsp3) is 0.867. The van der Waals surface area contributed by atoms with Crippen molar-refractivity contribution in [1.82, 2.24) is 4.90 Å². The number of hydrogen-bond acceptors (Lipinski definition) is 3. The van der Waals surface area contributed by atoms with Crippen LogP contribution >= 0.6 is 0 Å². The van der Waals surface area contributed by atoms with Crippen molar-refractivity contribution in [1.29, 1.82) is 0 Å². The normalized spacial score (nSPS) is 30.0. The van der Waals surface area contributed by atoms with Crippen molar-refractivity contribution < 1.29 is 14.7 Å². The molecule has 5 nitrogen and oxygen atoms in total. The van der Waals surface area contributed by atoms with Crippen molar-refractivity contribution in [2.75, 3.05) is 13.1 Å². The summed E-state index contributed by atoms with van der Waals surface area (Å²) in [6.45, 7) is 2.93. The zero-order chi connectivity index (χ0) is 14.8. The third kappa shape index (κ3) is 3.32. The zero-order valence-electron chi connectivity index (χ0n) is 12.3. The van der Waals surface area contributed by atoms with E-state index >= 15 is 0 Å². The van der Waals surface area contributed by atoms with E-state index in [1.165, 1.54) is 0 Å². The SMILES string of the molecule is CC1CCC(CN)(C(=O)N(CCC(=O)O)C2CC2)CC1. The van der Waals surface area contributed by atoms with E-state index in [1.807, 2.05) is 0 Å². The second-order valence-corrected chi connectivity index (χ2v) is 6.54. The van der Waals surface area contributed by atoms with Gasteiger partial charge in [0.2, 0.25) is 5.91 Å². The Hall–Kier alpha value is -1.10. The Morgan fingerprint density at radius 2 is 1.85 bits per heavy atom. The van der Waals surface area contributed by atoms with E-state index in [1.54, 1.807) is 4.90 Å². The van der Waals surface area contributed by atoms with Crippen molar-refractivity contribution in [3.8, 4) is 0 Å². The van der Waals surface area contributed by atoms with Crippen LogP contribution in [0.5, 0.6) is 0 Å². The predicted octanol–water partition coefficient (Wildman–Crippen LogP) is 1.61. The summed E-state index contributed by atoms with van der Waals surface area (Å²) in [6.07, 6.45) is 5.81. The van der Waals surface area contributed by atoms with Gasteiger partial charge in [-0.25, -0.2) is 0 Å². The lowest BCUT2D eigenvalue weighted by molar-refractivity contribution is -0.146. The topological polar surface area (TPSA) is 83.6 Å². The van der Waals surface area contributed by atoms with Gasteiger partial charge in [-0.15, -0.1) is 0 Å². The lowest BCUT2D eigenvalue weighted by Crippen LogP contribution is -2.51. The van der Waals surface area contributed by atoms with Gasteiger partial charge in [-0.2, -0.15) is 0 Å². The fourth-order valence-corrected chi connectivity index (χ4v) is 3.18. The molecule has 0 atom stereocenters. The summed E-state index contributed by atoms with van der Waals surface area (Å²) in [5.74, 6) is -0.0750. The summed E-state index contributed by atoms with van der Waals surface area (Å²) in [5.41, 5.74) is 5.50. The number of carboxylic acid groups (broad SMARTS) is 1. The Balaban J connectivity index is 2.06. The van der Waals surface area contributed by atoms with Gasteiger partial charge in [0, 0.05) is 19.1 Å². The van der Waals surface area contributed by atoms with Gasteiger partial charge in [0.1, 0.15) is 0 Å². The largest absolute Gasteiger partial charge is 0.481 e. The molecule has 0 radical (unpaired) electrons. The highest BCUT2D eigenvalue weighted by atomic mass is 16.4. The standard InChI is InChI=1S/C15H26N2O3/c1-11-4-7-15(10-16,8-5-11)14(20)17(12-2-3-12)9-6-13(18)19/h11-12H,2-10,16H2,1H3,(H,18,19). The molecule has 2 fully saturated rings. The van der Waals surface area contributed by atoms with Crippen molar-refractivity contribution in [2.45, 2.75) is 57.9 Å². The van der Waals surface area contributed by atoms with Crippen LogP contribution in [0.25, 0.3) is 0 Å². The van der Waals surface area contributed by atoms with Crippen LogP contribution in [0.1, 0.15) is 51.9 Å². The molecule has 20 heavy (non-hydrogen) atoms. The third-order valence-corrected chi connectivity index (χ3v) is 4.89. The lowest BCUT2D eigenvalue weighted by atomic mass is 9.70. The molecule has 0 spiro atoms. The Labute approximate surface area is 120 Å². The molecule has 0 heterocycles. The molecule has 2 aliphatic rings. The van der Waals surface area contributed by atoms with E-state index in [4.69, 9.17) is 10.8 Å². The van der Waals surface area contributed by atoms with Gasteiger partial charge in [-0.05, 0) is 44.4 Å². The Morgan fingerprint density at radius 1 is 1.25 bits per heavy atom. The first-order valence-corrected chi connectivity index (χ1v) is 7.71. The Kier molecular flexibility index (Phi) is 4.68. The maximum Gasteiger partial charge on any atom is 0.305 e. The van der Waals surface area contributed by atoms with Crippen LogP contribution in [-0.2, 0) is 9.59 Å². The van der Waals surface area contributed by atoms with E-state index in [2.05, 4.69) is 6.92 Å². The van der Waals surface area contributed by atoms with Gasteiger partial charge >= 0.3 is 5.97 Å². The van der Waals surface area contributed by atoms with Crippen molar-refractivity contribution in [2.24, 2.45) is 17.1 Å². The molecule has 0 unspecified atom stereocenters. The molecule has 2 saturated carbocycles. The van der Waals surface area contributed by atoms with E-state index < -0.39 is 11.4 Å². The number of nitrogens with zero attached hydrogens (tertiary/aromatic N) is 1.